The highest BCUT2D eigenvalue weighted by Gasteiger charge is 2.05. The topological polar surface area (TPSA) is 18.5 Å². The number of unbranched alkanes of at least 4 members (excludes halogenated alkanes) is 2. The molecule has 0 aromatic heterocycles. The van der Waals surface area contributed by atoms with E-state index in [-0.39, 0.29) is 0 Å². The molecule has 0 unspecified atom stereocenters. The van der Waals surface area contributed by atoms with Gasteiger partial charge >= 0.3 is 0 Å². The van der Waals surface area contributed by atoms with Crippen LogP contribution in [0.15, 0.2) is 48.5 Å². The van der Waals surface area contributed by atoms with Gasteiger partial charge in [0.15, 0.2) is 0 Å². The summed E-state index contributed by atoms with van der Waals surface area (Å²) in [4.78, 5) is 0. The fraction of sp³-hybridized carbons (Fsp3) is 0.455. The van der Waals surface area contributed by atoms with Crippen molar-refractivity contribution in [3.8, 4) is 11.1 Å². The Morgan fingerprint density at radius 3 is 2.00 bits per heavy atom. The fourth-order valence-electron chi connectivity index (χ4n) is 2.57. The van der Waals surface area contributed by atoms with Gasteiger partial charge in [-0.05, 0) is 35.1 Å². The smallest absolute Gasteiger partial charge is 0.0722 e. The number of benzene rings is 2. The van der Waals surface area contributed by atoms with Gasteiger partial charge in [-0.25, -0.2) is 0 Å². The maximum Gasteiger partial charge on any atom is 0.0722 e. The quantitative estimate of drug-likeness (QED) is 0.472. The van der Waals surface area contributed by atoms with Crippen molar-refractivity contribution in [1.82, 2.24) is 0 Å². The van der Waals surface area contributed by atoms with E-state index in [0.717, 1.165) is 26.1 Å². The van der Waals surface area contributed by atoms with Crippen molar-refractivity contribution in [2.45, 2.75) is 52.7 Å². The summed E-state index contributed by atoms with van der Waals surface area (Å²) in [7, 11) is 0. The molecule has 0 N–H and O–H groups in total. The molecule has 0 bridgehead atoms. The van der Waals surface area contributed by atoms with E-state index in [1.807, 2.05) is 0 Å². The lowest BCUT2D eigenvalue weighted by atomic mass is 9.99. The Morgan fingerprint density at radius 2 is 1.33 bits per heavy atom. The summed E-state index contributed by atoms with van der Waals surface area (Å²) in [5.74, 6) is 0. The summed E-state index contributed by atoms with van der Waals surface area (Å²) < 4.78 is 11.5. The largest absolute Gasteiger partial charge is 0.377 e. The third kappa shape index (κ3) is 6.10. The zero-order chi connectivity index (χ0) is 17.0. The van der Waals surface area contributed by atoms with E-state index in [0.29, 0.717) is 13.2 Å². The van der Waals surface area contributed by atoms with Gasteiger partial charge in [0.05, 0.1) is 13.2 Å². The Labute approximate surface area is 146 Å². The molecule has 2 aromatic carbocycles. The summed E-state index contributed by atoms with van der Waals surface area (Å²) in [5.41, 5.74) is 4.97. The molecule has 0 radical (unpaired) electrons. The normalized spacial score (nSPS) is 10.9. The van der Waals surface area contributed by atoms with Gasteiger partial charge in [-0.3, -0.25) is 0 Å². The minimum Gasteiger partial charge on any atom is -0.377 e. The molecule has 0 aliphatic carbocycles. The van der Waals surface area contributed by atoms with Gasteiger partial charge < -0.3 is 9.47 Å². The van der Waals surface area contributed by atoms with Crippen LogP contribution in [0.25, 0.3) is 11.1 Å². The van der Waals surface area contributed by atoms with Gasteiger partial charge in [0.25, 0.3) is 0 Å². The Hall–Kier alpha value is -1.64. The Balaban J connectivity index is 1.97. The van der Waals surface area contributed by atoms with Gasteiger partial charge in [0.2, 0.25) is 0 Å². The van der Waals surface area contributed by atoms with Crippen LogP contribution in [0.3, 0.4) is 0 Å². The maximum atomic E-state index is 5.80. The lowest BCUT2D eigenvalue weighted by Crippen LogP contribution is -1.98. The highest BCUT2D eigenvalue weighted by molar-refractivity contribution is 5.67. The van der Waals surface area contributed by atoms with E-state index < -0.39 is 0 Å². The lowest BCUT2D eigenvalue weighted by Gasteiger charge is -2.11. The van der Waals surface area contributed by atoms with E-state index in [1.165, 1.54) is 35.1 Å². The first-order chi connectivity index (χ1) is 11.8. The molecule has 2 heteroatoms. The Bertz CT molecular complexity index is 575. The fourth-order valence-corrected chi connectivity index (χ4v) is 2.57. The summed E-state index contributed by atoms with van der Waals surface area (Å²) in [6, 6.07) is 17.2. The predicted octanol–water partition coefficient (Wildman–Crippen LogP) is 5.99. The van der Waals surface area contributed by atoms with Crippen molar-refractivity contribution < 1.29 is 9.47 Å². The van der Waals surface area contributed by atoms with Crippen molar-refractivity contribution in [2.75, 3.05) is 13.2 Å². The molecular formula is C22H30O2. The Morgan fingerprint density at radius 1 is 0.708 bits per heavy atom. The lowest BCUT2D eigenvalue weighted by molar-refractivity contribution is 0.118. The highest BCUT2D eigenvalue weighted by Crippen LogP contribution is 2.25. The molecule has 0 saturated heterocycles. The van der Waals surface area contributed by atoms with Crippen molar-refractivity contribution in [1.29, 1.82) is 0 Å². The van der Waals surface area contributed by atoms with Crippen LogP contribution < -0.4 is 0 Å². The summed E-state index contributed by atoms with van der Waals surface area (Å²) in [6.07, 6.45) is 4.60. The number of hydrogen-bond donors (Lipinski definition) is 0. The van der Waals surface area contributed by atoms with Gasteiger partial charge in [-0.2, -0.15) is 0 Å². The van der Waals surface area contributed by atoms with Gasteiger partial charge in [-0.15, -0.1) is 0 Å². The second-order valence-electron chi connectivity index (χ2n) is 6.17. The second kappa shape index (κ2) is 11.0. The predicted molar refractivity (Wildman–Crippen MR) is 101 cm³/mol. The van der Waals surface area contributed by atoms with Crippen LogP contribution in [0.1, 0.15) is 50.7 Å². The third-order valence-corrected chi connectivity index (χ3v) is 4.09. The standard InChI is InChI=1S/C22H30O2/c1-3-5-15-23-17-19-11-13-20(14-12-19)22-10-8-7-9-21(22)18-24-16-6-4-2/h7-14H,3-6,15-18H2,1-2H3. The summed E-state index contributed by atoms with van der Waals surface area (Å²) >= 11 is 0. The van der Waals surface area contributed by atoms with Crippen molar-refractivity contribution in [2.24, 2.45) is 0 Å². The molecule has 2 rings (SSSR count). The first-order valence-corrected chi connectivity index (χ1v) is 9.17. The molecule has 2 nitrogen and oxygen atoms in total. The van der Waals surface area contributed by atoms with Crippen LogP contribution >= 0.6 is 0 Å². The van der Waals surface area contributed by atoms with Crippen molar-refractivity contribution in [3.63, 3.8) is 0 Å². The van der Waals surface area contributed by atoms with Crippen LogP contribution in [-0.2, 0) is 22.7 Å². The molecule has 0 fully saturated rings. The first-order valence-electron chi connectivity index (χ1n) is 9.17. The van der Waals surface area contributed by atoms with Crippen LogP contribution in [0.4, 0.5) is 0 Å². The van der Waals surface area contributed by atoms with E-state index >= 15 is 0 Å². The summed E-state index contributed by atoms with van der Waals surface area (Å²) in [6.45, 7) is 7.42. The Kier molecular flexibility index (Phi) is 8.58. The molecule has 2 aromatic rings. The monoisotopic (exact) mass is 326 g/mol. The molecule has 130 valence electrons. The second-order valence-corrected chi connectivity index (χ2v) is 6.17. The maximum absolute atomic E-state index is 5.80. The number of ether oxygens (including phenoxy) is 2. The number of rotatable bonds is 11. The van der Waals surface area contributed by atoms with Crippen LogP contribution in [0.2, 0.25) is 0 Å². The van der Waals surface area contributed by atoms with E-state index in [4.69, 9.17) is 9.47 Å². The first kappa shape index (κ1) is 18.7. The van der Waals surface area contributed by atoms with Gasteiger partial charge in [0, 0.05) is 13.2 Å². The highest BCUT2D eigenvalue weighted by atomic mass is 16.5. The molecule has 24 heavy (non-hydrogen) atoms. The van der Waals surface area contributed by atoms with E-state index in [1.54, 1.807) is 0 Å². The molecule has 0 atom stereocenters. The molecule has 0 amide bonds. The van der Waals surface area contributed by atoms with Gasteiger partial charge in [0.1, 0.15) is 0 Å². The van der Waals surface area contributed by atoms with E-state index in [2.05, 4.69) is 62.4 Å². The number of hydrogen-bond acceptors (Lipinski definition) is 2. The SMILES string of the molecule is CCCCOCc1ccc(-c2ccccc2COCCCC)cc1. The van der Waals surface area contributed by atoms with Crippen LogP contribution in [0, 0.1) is 0 Å². The van der Waals surface area contributed by atoms with E-state index in [9.17, 15) is 0 Å². The zero-order valence-electron chi connectivity index (χ0n) is 15.1. The van der Waals surface area contributed by atoms with Crippen molar-refractivity contribution in [3.05, 3.63) is 59.7 Å². The molecule has 0 spiro atoms. The van der Waals surface area contributed by atoms with Crippen LogP contribution in [0.5, 0.6) is 0 Å². The molecule has 0 aliphatic rings. The zero-order valence-corrected chi connectivity index (χ0v) is 15.1. The molecule has 0 aliphatic heterocycles. The molecule has 0 saturated carbocycles. The average molecular weight is 326 g/mol. The molecule has 0 heterocycles. The van der Waals surface area contributed by atoms with Crippen LogP contribution in [-0.4, -0.2) is 13.2 Å². The average Bonchev–Trinajstić information content (AvgIpc) is 2.63. The summed E-state index contributed by atoms with van der Waals surface area (Å²) in [5, 5.41) is 0. The van der Waals surface area contributed by atoms with Gasteiger partial charge in [-0.1, -0.05) is 75.2 Å². The minimum absolute atomic E-state index is 0.679. The van der Waals surface area contributed by atoms with Crippen molar-refractivity contribution >= 4 is 0 Å². The third-order valence-electron chi connectivity index (χ3n) is 4.09. The molecular weight excluding hydrogens is 296 g/mol. The minimum atomic E-state index is 0.679.